The summed E-state index contributed by atoms with van der Waals surface area (Å²) in [7, 11) is 0. The van der Waals surface area contributed by atoms with Crippen molar-refractivity contribution in [2.75, 3.05) is 26.4 Å². The van der Waals surface area contributed by atoms with Gasteiger partial charge in [-0.2, -0.15) is 0 Å². The Labute approximate surface area is 149 Å². The molecular formula is C18H30O7. The van der Waals surface area contributed by atoms with Crippen LogP contribution in [0.4, 0.5) is 0 Å². The Morgan fingerprint density at radius 3 is 2.56 bits per heavy atom. The summed E-state index contributed by atoms with van der Waals surface area (Å²) in [5, 5.41) is 9.49. The van der Waals surface area contributed by atoms with Crippen molar-refractivity contribution in [3.05, 3.63) is 0 Å². The van der Waals surface area contributed by atoms with Crippen molar-refractivity contribution in [3.63, 3.8) is 0 Å². The summed E-state index contributed by atoms with van der Waals surface area (Å²) in [4.78, 5) is 22.8. The number of esters is 2. The number of rotatable bonds is 8. The highest BCUT2D eigenvalue weighted by atomic mass is 16.7. The van der Waals surface area contributed by atoms with E-state index in [1.54, 1.807) is 0 Å². The Morgan fingerprint density at radius 2 is 1.96 bits per heavy atom. The molecule has 4 atom stereocenters. The van der Waals surface area contributed by atoms with Gasteiger partial charge in [0.05, 0.1) is 13.2 Å². The van der Waals surface area contributed by atoms with Crippen LogP contribution >= 0.6 is 0 Å². The van der Waals surface area contributed by atoms with Crippen LogP contribution < -0.4 is 0 Å². The van der Waals surface area contributed by atoms with E-state index in [-0.39, 0.29) is 43.5 Å². The maximum absolute atomic E-state index is 11.4. The molecular weight excluding hydrogens is 328 g/mol. The normalized spacial score (nSPS) is 32.4. The number of carbonyl (C=O) groups is 2. The van der Waals surface area contributed by atoms with Crippen LogP contribution in [-0.2, 0) is 28.5 Å². The molecule has 0 spiro atoms. The summed E-state index contributed by atoms with van der Waals surface area (Å²) < 4.78 is 22.4. The highest BCUT2D eigenvalue weighted by Crippen LogP contribution is 2.47. The summed E-state index contributed by atoms with van der Waals surface area (Å²) in [5.74, 6) is -0.816. The number of aliphatic hydroxyl groups is 1. The van der Waals surface area contributed by atoms with Gasteiger partial charge in [0.2, 0.25) is 0 Å². The Bertz CT molecular complexity index is 447. The zero-order chi connectivity index (χ0) is 18.3. The van der Waals surface area contributed by atoms with Gasteiger partial charge in [0.25, 0.3) is 0 Å². The van der Waals surface area contributed by atoms with E-state index in [1.807, 2.05) is 0 Å². The van der Waals surface area contributed by atoms with E-state index in [9.17, 15) is 14.7 Å². The first-order valence-electron chi connectivity index (χ1n) is 9.11. The lowest BCUT2D eigenvalue weighted by Gasteiger charge is -2.37. The van der Waals surface area contributed by atoms with Crippen molar-refractivity contribution in [1.29, 1.82) is 0 Å². The van der Waals surface area contributed by atoms with Crippen molar-refractivity contribution >= 4 is 11.9 Å². The van der Waals surface area contributed by atoms with Gasteiger partial charge in [-0.25, -0.2) is 0 Å². The third-order valence-corrected chi connectivity index (χ3v) is 5.18. The number of hydrogen-bond donors (Lipinski definition) is 1. The largest absolute Gasteiger partial charge is 0.465 e. The van der Waals surface area contributed by atoms with Gasteiger partial charge in [-0.15, -0.1) is 0 Å². The molecule has 1 aliphatic carbocycles. The quantitative estimate of drug-likeness (QED) is 0.662. The molecule has 7 heteroatoms. The third-order valence-electron chi connectivity index (χ3n) is 5.18. The molecule has 2 aliphatic rings. The molecule has 0 aromatic heterocycles. The average Bonchev–Trinajstić information content (AvgIpc) is 2.90. The Balaban J connectivity index is 2.10. The second kappa shape index (κ2) is 9.50. The Hall–Kier alpha value is -1.18. The van der Waals surface area contributed by atoms with Crippen LogP contribution in [-0.4, -0.2) is 55.9 Å². The first kappa shape index (κ1) is 20.1. The highest BCUT2D eigenvalue weighted by molar-refractivity contribution is 5.66. The van der Waals surface area contributed by atoms with Gasteiger partial charge in [0.1, 0.15) is 6.10 Å². The number of hydrogen-bond acceptors (Lipinski definition) is 7. The minimum Gasteiger partial charge on any atom is -0.465 e. The molecule has 1 saturated heterocycles. The van der Waals surface area contributed by atoms with E-state index in [0.29, 0.717) is 32.5 Å². The maximum atomic E-state index is 11.4. The molecule has 25 heavy (non-hydrogen) atoms. The number of aliphatic hydroxyl groups excluding tert-OH is 1. The van der Waals surface area contributed by atoms with E-state index in [1.165, 1.54) is 13.8 Å². The van der Waals surface area contributed by atoms with Crippen molar-refractivity contribution in [2.45, 2.75) is 64.8 Å². The zero-order valence-corrected chi connectivity index (χ0v) is 15.2. The van der Waals surface area contributed by atoms with Crippen molar-refractivity contribution in [1.82, 2.24) is 0 Å². The van der Waals surface area contributed by atoms with Crippen molar-refractivity contribution in [2.24, 2.45) is 11.3 Å². The van der Waals surface area contributed by atoms with E-state index < -0.39 is 5.41 Å². The predicted octanol–water partition coefficient (Wildman–Crippen LogP) is 1.80. The number of ether oxygens (including phenoxy) is 4. The second-order valence-electron chi connectivity index (χ2n) is 7.06. The maximum Gasteiger partial charge on any atom is 0.302 e. The summed E-state index contributed by atoms with van der Waals surface area (Å²) in [6.07, 6.45) is 4.26. The lowest BCUT2D eigenvalue weighted by atomic mass is 9.76. The van der Waals surface area contributed by atoms with Crippen LogP contribution in [0.15, 0.2) is 0 Å². The molecule has 1 N–H and O–H groups in total. The van der Waals surface area contributed by atoms with Crippen LogP contribution in [0.5, 0.6) is 0 Å². The molecule has 144 valence electrons. The van der Waals surface area contributed by atoms with Gasteiger partial charge in [-0.1, -0.05) is 0 Å². The van der Waals surface area contributed by atoms with Crippen molar-refractivity contribution < 1.29 is 33.6 Å². The van der Waals surface area contributed by atoms with Gasteiger partial charge in [-0.05, 0) is 38.5 Å². The van der Waals surface area contributed by atoms with Gasteiger partial charge < -0.3 is 24.1 Å². The zero-order valence-electron chi connectivity index (χ0n) is 15.2. The second-order valence-corrected chi connectivity index (χ2v) is 7.06. The summed E-state index contributed by atoms with van der Waals surface area (Å²) in [6.45, 7) is 3.97. The SMILES string of the molecule is CC(=O)OC[C@@]1(COC2CCCCO2)CCC(OC(C)=O)[C@H]1CCO. The molecule has 1 heterocycles. The molecule has 2 unspecified atom stereocenters. The molecule has 1 aliphatic heterocycles. The Morgan fingerprint density at radius 1 is 1.16 bits per heavy atom. The van der Waals surface area contributed by atoms with Crippen LogP contribution in [0.3, 0.4) is 0 Å². The molecule has 0 aromatic carbocycles. The summed E-state index contributed by atoms with van der Waals surface area (Å²) in [6, 6.07) is 0. The molecule has 0 bridgehead atoms. The first-order chi connectivity index (χ1) is 12.0. The minimum atomic E-state index is -0.477. The summed E-state index contributed by atoms with van der Waals surface area (Å²) in [5.41, 5.74) is -0.477. The monoisotopic (exact) mass is 358 g/mol. The standard InChI is InChI=1S/C18H30O7/c1-13(20)23-11-18(12-24-17-5-3-4-10-22-17)8-6-16(25-14(2)21)15(18)7-9-19/h15-17,19H,3-12H2,1-2H3/t15-,16?,17?,18-/m1/s1. The smallest absolute Gasteiger partial charge is 0.302 e. The average molecular weight is 358 g/mol. The van der Waals surface area contributed by atoms with Gasteiger partial charge >= 0.3 is 11.9 Å². The topological polar surface area (TPSA) is 91.3 Å². The van der Waals surface area contributed by atoms with E-state index in [2.05, 4.69) is 0 Å². The van der Waals surface area contributed by atoms with E-state index in [4.69, 9.17) is 18.9 Å². The lowest BCUT2D eigenvalue weighted by molar-refractivity contribution is -0.193. The van der Waals surface area contributed by atoms with Crippen LogP contribution in [0.1, 0.15) is 52.4 Å². The highest BCUT2D eigenvalue weighted by Gasteiger charge is 2.51. The fourth-order valence-electron chi connectivity index (χ4n) is 3.94. The minimum absolute atomic E-state index is 0.0236. The molecule has 1 saturated carbocycles. The van der Waals surface area contributed by atoms with Crippen LogP contribution in [0.2, 0.25) is 0 Å². The first-order valence-corrected chi connectivity index (χ1v) is 9.11. The van der Waals surface area contributed by atoms with Gasteiger partial charge in [0, 0.05) is 38.4 Å². The molecule has 0 aromatic rings. The molecule has 2 fully saturated rings. The molecule has 0 amide bonds. The van der Waals surface area contributed by atoms with Crippen molar-refractivity contribution in [3.8, 4) is 0 Å². The number of carbonyl (C=O) groups excluding carboxylic acids is 2. The van der Waals surface area contributed by atoms with E-state index in [0.717, 1.165) is 19.3 Å². The van der Waals surface area contributed by atoms with Gasteiger partial charge in [-0.3, -0.25) is 9.59 Å². The molecule has 0 radical (unpaired) electrons. The van der Waals surface area contributed by atoms with Crippen LogP contribution in [0.25, 0.3) is 0 Å². The molecule has 7 nitrogen and oxygen atoms in total. The molecule has 2 rings (SSSR count). The predicted molar refractivity (Wildman–Crippen MR) is 88.6 cm³/mol. The van der Waals surface area contributed by atoms with E-state index >= 15 is 0 Å². The fourth-order valence-corrected chi connectivity index (χ4v) is 3.94. The lowest BCUT2D eigenvalue weighted by Crippen LogP contribution is -2.42. The van der Waals surface area contributed by atoms with Crippen LogP contribution in [0, 0.1) is 11.3 Å². The summed E-state index contributed by atoms with van der Waals surface area (Å²) >= 11 is 0. The third kappa shape index (κ3) is 5.66. The fraction of sp³-hybridized carbons (Fsp3) is 0.889. The van der Waals surface area contributed by atoms with Gasteiger partial charge in [0.15, 0.2) is 6.29 Å². The Kier molecular flexibility index (Phi) is 7.65.